The van der Waals surface area contributed by atoms with Crippen LogP contribution >= 0.6 is 11.8 Å². The summed E-state index contributed by atoms with van der Waals surface area (Å²) in [6.45, 7) is 0. The summed E-state index contributed by atoms with van der Waals surface area (Å²) in [7, 11) is 1.83. The summed E-state index contributed by atoms with van der Waals surface area (Å²) in [5.41, 5.74) is 1.80. The zero-order chi connectivity index (χ0) is 13.0. The van der Waals surface area contributed by atoms with Crippen LogP contribution in [0.4, 0.5) is 14.5 Å². The molecule has 2 rings (SSSR count). The summed E-state index contributed by atoms with van der Waals surface area (Å²) in [5, 5.41) is 3.01. The van der Waals surface area contributed by atoms with Crippen LogP contribution in [0.3, 0.4) is 0 Å². The van der Waals surface area contributed by atoms with Gasteiger partial charge in [0.05, 0.1) is 5.69 Å². The van der Waals surface area contributed by atoms with E-state index in [1.807, 2.05) is 19.2 Å². The summed E-state index contributed by atoms with van der Waals surface area (Å²) >= 11 is 1.30. The Morgan fingerprint density at radius 1 is 1.22 bits per heavy atom. The molecule has 2 nitrogen and oxygen atoms in total. The van der Waals surface area contributed by atoms with E-state index in [9.17, 15) is 8.78 Å². The summed E-state index contributed by atoms with van der Waals surface area (Å²) in [4.78, 5) is 4.62. The Hall–Kier alpha value is -1.62. The summed E-state index contributed by atoms with van der Waals surface area (Å²) in [5.74, 6) is -0.560. The molecular formula is C13H12F2N2S. The molecule has 2 aromatic rings. The maximum Gasteiger partial charge on any atom is 0.139 e. The van der Waals surface area contributed by atoms with E-state index in [0.717, 1.165) is 17.4 Å². The van der Waals surface area contributed by atoms with E-state index < -0.39 is 11.6 Å². The van der Waals surface area contributed by atoms with Gasteiger partial charge in [0.2, 0.25) is 0 Å². The molecule has 0 spiro atoms. The van der Waals surface area contributed by atoms with Gasteiger partial charge in [-0.2, -0.15) is 0 Å². The second kappa shape index (κ2) is 5.82. The molecule has 0 saturated carbocycles. The largest absolute Gasteiger partial charge is 0.388 e. The van der Waals surface area contributed by atoms with Gasteiger partial charge in [-0.05, 0) is 24.3 Å². The van der Waals surface area contributed by atoms with Crippen molar-refractivity contribution in [1.82, 2.24) is 4.98 Å². The van der Waals surface area contributed by atoms with Crippen molar-refractivity contribution in [2.75, 3.05) is 12.4 Å². The fourth-order valence-electron chi connectivity index (χ4n) is 1.46. The molecular weight excluding hydrogens is 254 g/mol. The average Bonchev–Trinajstić information content (AvgIpc) is 2.38. The summed E-state index contributed by atoms with van der Waals surface area (Å²) in [6.07, 6.45) is 1.70. The number of hydrogen-bond donors (Lipinski definition) is 1. The molecule has 0 radical (unpaired) electrons. The van der Waals surface area contributed by atoms with Gasteiger partial charge in [-0.15, -0.1) is 11.8 Å². The first-order chi connectivity index (χ1) is 8.69. The zero-order valence-corrected chi connectivity index (χ0v) is 10.6. The maximum absolute atomic E-state index is 13.4. The van der Waals surface area contributed by atoms with Crippen LogP contribution in [0.25, 0.3) is 0 Å². The minimum Gasteiger partial charge on any atom is -0.388 e. The van der Waals surface area contributed by atoms with E-state index in [1.54, 1.807) is 6.20 Å². The first kappa shape index (κ1) is 12.8. The average molecular weight is 266 g/mol. The molecule has 1 aromatic carbocycles. The molecule has 18 heavy (non-hydrogen) atoms. The van der Waals surface area contributed by atoms with Crippen molar-refractivity contribution in [1.29, 1.82) is 0 Å². The number of nitrogens with zero attached hydrogens (tertiary/aromatic N) is 1. The number of anilines is 1. The molecule has 5 heteroatoms. The second-order valence-electron chi connectivity index (χ2n) is 3.65. The third-order valence-electron chi connectivity index (χ3n) is 2.37. The molecule has 0 amide bonds. The van der Waals surface area contributed by atoms with Gasteiger partial charge in [0.25, 0.3) is 0 Å². The molecule has 1 heterocycles. The van der Waals surface area contributed by atoms with Crippen molar-refractivity contribution in [3.05, 3.63) is 53.9 Å². The van der Waals surface area contributed by atoms with Crippen LogP contribution in [-0.2, 0) is 5.75 Å². The normalized spacial score (nSPS) is 10.4. The molecule has 0 fully saturated rings. The molecule has 0 unspecified atom stereocenters. The monoisotopic (exact) mass is 266 g/mol. The second-order valence-corrected chi connectivity index (χ2v) is 4.67. The number of hydrogen-bond acceptors (Lipinski definition) is 3. The van der Waals surface area contributed by atoms with E-state index in [2.05, 4.69) is 10.3 Å². The third-order valence-corrected chi connectivity index (χ3v) is 3.46. The molecule has 1 N–H and O–H groups in total. The first-order valence-electron chi connectivity index (χ1n) is 5.39. The van der Waals surface area contributed by atoms with Crippen LogP contribution in [0.1, 0.15) is 5.69 Å². The number of halogens is 2. The quantitative estimate of drug-likeness (QED) is 0.854. The van der Waals surface area contributed by atoms with Gasteiger partial charge in [-0.1, -0.05) is 0 Å². The van der Waals surface area contributed by atoms with Gasteiger partial charge in [-0.25, -0.2) is 8.78 Å². The molecule has 0 aliphatic carbocycles. The number of rotatable bonds is 4. The summed E-state index contributed by atoms with van der Waals surface area (Å²) in [6, 6.07) is 7.33. The number of aromatic nitrogens is 1. The van der Waals surface area contributed by atoms with Crippen molar-refractivity contribution in [3.63, 3.8) is 0 Å². The van der Waals surface area contributed by atoms with Gasteiger partial charge >= 0.3 is 0 Å². The van der Waals surface area contributed by atoms with Gasteiger partial charge < -0.3 is 5.32 Å². The van der Waals surface area contributed by atoms with E-state index in [1.165, 1.54) is 23.9 Å². The lowest BCUT2D eigenvalue weighted by atomic mass is 10.3. The van der Waals surface area contributed by atoms with Crippen LogP contribution in [-0.4, -0.2) is 12.0 Å². The topological polar surface area (TPSA) is 24.9 Å². The van der Waals surface area contributed by atoms with Crippen LogP contribution in [0.15, 0.2) is 41.4 Å². The summed E-state index contributed by atoms with van der Waals surface area (Å²) < 4.78 is 26.1. The van der Waals surface area contributed by atoms with E-state index in [-0.39, 0.29) is 0 Å². The minimum absolute atomic E-state index is 0.424. The highest BCUT2D eigenvalue weighted by molar-refractivity contribution is 7.98. The van der Waals surface area contributed by atoms with Crippen molar-refractivity contribution < 1.29 is 8.78 Å². The Bertz CT molecular complexity index is 546. The Kier molecular flexibility index (Phi) is 4.15. The Morgan fingerprint density at radius 3 is 2.78 bits per heavy atom. The van der Waals surface area contributed by atoms with Crippen molar-refractivity contribution in [2.45, 2.75) is 10.6 Å². The highest BCUT2D eigenvalue weighted by Crippen LogP contribution is 2.25. The molecule has 94 valence electrons. The van der Waals surface area contributed by atoms with Crippen LogP contribution in [0.2, 0.25) is 0 Å². The van der Waals surface area contributed by atoms with Crippen molar-refractivity contribution in [3.8, 4) is 0 Å². The molecule has 1 aromatic heterocycles. The van der Waals surface area contributed by atoms with Gasteiger partial charge in [0.1, 0.15) is 11.6 Å². The Morgan fingerprint density at radius 2 is 2.06 bits per heavy atom. The molecule has 0 bridgehead atoms. The predicted molar refractivity (Wildman–Crippen MR) is 69.7 cm³/mol. The van der Waals surface area contributed by atoms with Gasteiger partial charge in [-0.3, -0.25) is 4.98 Å². The lowest BCUT2D eigenvalue weighted by Crippen LogP contribution is -1.92. The Balaban J connectivity index is 2.06. The number of nitrogens with one attached hydrogen (secondary N) is 1. The molecule has 0 saturated heterocycles. The fraction of sp³-hybridized carbons (Fsp3) is 0.154. The van der Waals surface area contributed by atoms with Crippen molar-refractivity contribution in [2.24, 2.45) is 0 Å². The van der Waals surface area contributed by atoms with Crippen LogP contribution in [0.5, 0.6) is 0 Å². The van der Waals surface area contributed by atoms with Crippen LogP contribution in [0, 0.1) is 11.6 Å². The smallest absolute Gasteiger partial charge is 0.139 e. The van der Waals surface area contributed by atoms with E-state index >= 15 is 0 Å². The predicted octanol–water partition coefficient (Wildman–Crippen LogP) is 3.69. The SMILES string of the molecule is CNc1ccnc(CSc2ccc(F)cc2F)c1. The lowest BCUT2D eigenvalue weighted by molar-refractivity contribution is 0.565. The minimum atomic E-state index is -0.563. The van der Waals surface area contributed by atoms with Gasteiger partial charge in [0, 0.05) is 35.6 Å². The van der Waals surface area contributed by atoms with Gasteiger partial charge in [0.15, 0.2) is 0 Å². The van der Waals surface area contributed by atoms with Crippen LogP contribution < -0.4 is 5.32 Å². The molecule has 0 atom stereocenters. The fourth-order valence-corrected chi connectivity index (χ4v) is 2.28. The van der Waals surface area contributed by atoms with E-state index in [0.29, 0.717) is 10.6 Å². The number of benzene rings is 1. The Labute approximate surface area is 108 Å². The highest BCUT2D eigenvalue weighted by Gasteiger charge is 2.05. The third kappa shape index (κ3) is 3.20. The number of pyridine rings is 1. The standard InChI is InChI=1S/C13H12F2N2S/c1-16-10-4-5-17-11(7-10)8-18-13-3-2-9(14)6-12(13)15/h2-7H,8H2,1H3,(H,16,17). The highest BCUT2D eigenvalue weighted by atomic mass is 32.2. The van der Waals surface area contributed by atoms with E-state index in [4.69, 9.17) is 0 Å². The van der Waals surface area contributed by atoms with Crippen molar-refractivity contribution >= 4 is 17.4 Å². The molecule has 0 aliphatic heterocycles. The number of thioether (sulfide) groups is 1. The lowest BCUT2D eigenvalue weighted by Gasteiger charge is -2.05. The maximum atomic E-state index is 13.4. The molecule has 0 aliphatic rings. The first-order valence-corrected chi connectivity index (χ1v) is 6.38. The zero-order valence-electron chi connectivity index (χ0n) is 9.78.